The molecule has 0 atom stereocenters. The maximum atomic E-state index is 11.0. The molecule has 0 saturated carbocycles. The number of hydrogen-bond acceptors (Lipinski definition) is 8. The van der Waals surface area contributed by atoms with Crippen molar-refractivity contribution in [3.63, 3.8) is 0 Å². The summed E-state index contributed by atoms with van der Waals surface area (Å²) in [6.07, 6.45) is 1.19. The topological polar surface area (TPSA) is 105 Å². The predicted molar refractivity (Wildman–Crippen MR) is 106 cm³/mol. The predicted octanol–water partition coefficient (Wildman–Crippen LogP) is 3.28. The summed E-state index contributed by atoms with van der Waals surface area (Å²) in [6, 6.07) is 7.43. The van der Waals surface area contributed by atoms with Crippen LogP contribution in [0.5, 0.6) is 5.75 Å². The van der Waals surface area contributed by atoms with Crippen LogP contribution in [0.3, 0.4) is 0 Å². The molecule has 2 rings (SSSR count). The first kappa shape index (κ1) is 20.4. The van der Waals surface area contributed by atoms with Crippen molar-refractivity contribution in [3.8, 4) is 5.75 Å². The maximum Gasteiger partial charge on any atom is 0.329 e. The van der Waals surface area contributed by atoms with Gasteiger partial charge in [-0.2, -0.15) is 4.98 Å². The third kappa shape index (κ3) is 6.07. The quantitative estimate of drug-likeness (QED) is 0.456. The van der Waals surface area contributed by atoms with Gasteiger partial charge in [-0.25, -0.2) is 4.98 Å². The van der Waals surface area contributed by atoms with Crippen LogP contribution in [0.15, 0.2) is 30.5 Å². The van der Waals surface area contributed by atoms with E-state index in [0.29, 0.717) is 13.2 Å². The van der Waals surface area contributed by atoms with E-state index in [1.165, 1.54) is 6.20 Å². The highest BCUT2D eigenvalue weighted by atomic mass is 16.6. The first-order valence-corrected chi connectivity index (χ1v) is 9.04. The van der Waals surface area contributed by atoms with Crippen LogP contribution in [0.4, 0.5) is 23.1 Å². The van der Waals surface area contributed by atoms with Crippen LogP contribution < -0.4 is 15.4 Å². The molecular formula is C18H26N6O3. The highest BCUT2D eigenvalue weighted by Gasteiger charge is 2.16. The lowest BCUT2D eigenvalue weighted by Gasteiger charge is -2.18. The lowest BCUT2D eigenvalue weighted by Crippen LogP contribution is -2.27. The third-order valence-electron chi connectivity index (χ3n) is 3.99. The summed E-state index contributed by atoms with van der Waals surface area (Å²) < 4.78 is 5.75. The van der Waals surface area contributed by atoms with Crippen LogP contribution in [0.25, 0.3) is 0 Å². The molecule has 0 radical (unpaired) electrons. The molecule has 0 bridgehead atoms. The van der Waals surface area contributed by atoms with Crippen LogP contribution in [-0.4, -0.2) is 52.6 Å². The number of ether oxygens (including phenoxy) is 1. The van der Waals surface area contributed by atoms with Crippen molar-refractivity contribution in [2.45, 2.75) is 20.8 Å². The van der Waals surface area contributed by atoms with Gasteiger partial charge in [-0.1, -0.05) is 13.8 Å². The van der Waals surface area contributed by atoms with Gasteiger partial charge < -0.3 is 20.3 Å². The zero-order chi connectivity index (χ0) is 19.6. The molecule has 27 heavy (non-hydrogen) atoms. The molecule has 0 spiro atoms. The van der Waals surface area contributed by atoms with Gasteiger partial charge in [-0.15, -0.1) is 0 Å². The van der Waals surface area contributed by atoms with Crippen molar-refractivity contribution >= 4 is 23.1 Å². The highest BCUT2D eigenvalue weighted by Crippen LogP contribution is 2.24. The normalized spacial score (nSPS) is 10.7. The van der Waals surface area contributed by atoms with E-state index in [0.717, 1.165) is 31.1 Å². The van der Waals surface area contributed by atoms with E-state index in [2.05, 4.69) is 39.3 Å². The van der Waals surface area contributed by atoms with E-state index in [1.54, 1.807) is 0 Å². The monoisotopic (exact) mass is 374 g/mol. The standard InChI is InChI=1S/C18H26N6O3/c1-4-19-17-16(24(25)26)13-20-18(22-17)21-14-7-9-15(10-8-14)27-12-11-23(5-2)6-3/h7-10,13H,4-6,11-12H2,1-3H3,(H2,19,20,21,22). The summed E-state index contributed by atoms with van der Waals surface area (Å²) in [5, 5.41) is 16.9. The second-order valence-corrected chi connectivity index (χ2v) is 5.74. The number of nitrogens with one attached hydrogen (secondary N) is 2. The Morgan fingerprint density at radius 3 is 2.48 bits per heavy atom. The fourth-order valence-corrected chi connectivity index (χ4v) is 2.46. The number of rotatable bonds is 11. The summed E-state index contributed by atoms with van der Waals surface area (Å²) in [4.78, 5) is 21.0. The average Bonchev–Trinajstić information content (AvgIpc) is 2.67. The van der Waals surface area contributed by atoms with Gasteiger partial charge in [0.25, 0.3) is 0 Å². The van der Waals surface area contributed by atoms with Gasteiger partial charge >= 0.3 is 5.69 Å². The Morgan fingerprint density at radius 2 is 1.89 bits per heavy atom. The summed E-state index contributed by atoms with van der Waals surface area (Å²) in [7, 11) is 0. The second kappa shape index (κ2) is 10.3. The van der Waals surface area contributed by atoms with Gasteiger partial charge in [-0.05, 0) is 44.3 Å². The molecule has 0 aliphatic heterocycles. The number of benzene rings is 1. The van der Waals surface area contributed by atoms with Crippen LogP contribution in [0.2, 0.25) is 0 Å². The van der Waals surface area contributed by atoms with Crippen molar-refractivity contribution in [1.82, 2.24) is 14.9 Å². The number of nitro groups is 1. The van der Waals surface area contributed by atoms with Gasteiger partial charge in [0.15, 0.2) is 0 Å². The van der Waals surface area contributed by atoms with E-state index in [-0.39, 0.29) is 17.5 Å². The number of aromatic nitrogens is 2. The molecular weight excluding hydrogens is 348 g/mol. The molecule has 146 valence electrons. The SMILES string of the molecule is CCNc1nc(Nc2ccc(OCCN(CC)CC)cc2)ncc1[N+](=O)[O-]. The fourth-order valence-electron chi connectivity index (χ4n) is 2.46. The smallest absolute Gasteiger partial charge is 0.329 e. The molecule has 9 heteroatoms. The van der Waals surface area contributed by atoms with Crippen molar-refractivity contribution in [2.24, 2.45) is 0 Å². The molecule has 0 saturated heterocycles. The van der Waals surface area contributed by atoms with Gasteiger partial charge in [-0.3, -0.25) is 10.1 Å². The number of likely N-dealkylation sites (N-methyl/N-ethyl adjacent to an activating group) is 1. The number of nitrogens with zero attached hydrogens (tertiary/aromatic N) is 4. The summed E-state index contributed by atoms with van der Waals surface area (Å²) in [5.41, 5.74) is 0.613. The molecule has 2 aromatic rings. The minimum atomic E-state index is -0.508. The van der Waals surface area contributed by atoms with E-state index < -0.39 is 4.92 Å². The molecule has 0 aliphatic rings. The van der Waals surface area contributed by atoms with Gasteiger partial charge in [0.1, 0.15) is 18.6 Å². The van der Waals surface area contributed by atoms with Crippen LogP contribution in [0, 0.1) is 10.1 Å². The lowest BCUT2D eigenvalue weighted by molar-refractivity contribution is -0.384. The lowest BCUT2D eigenvalue weighted by atomic mass is 10.3. The Hall–Kier alpha value is -2.94. The Labute approximate surface area is 158 Å². The van der Waals surface area contributed by atoms with E-state index in [1.807, 2.05) is 31.2 Å². The second-order valence-electron chi connectivity index (χ2n) is 5.74. The Morgan fingerprint density at radius 1 is 1.19 bits per heavy atom. The molecule has 0 amide bonds. The summed E-state index contributed by atoms with van der Waals surface area (Å²) in [5.74, 6) is 1.26. The molecule has 1 aromatic heterocycles. The molecule has 1 aromatic carbocycles. The summed E-state index contributed by atoms with van der Waals surface area (Å²) in [6.45, 7) is 10.2. The van der Waals surface area contributed by atoms with Crippen LogP contribution >= 0.6 is 0 Å². The first-order valence-electron chi connectivity index (χ1n) is 9.04. The Bertz CT molecular complexity index is 734. The minimum absolute atomic E-state index is 0.153. The minimum Gasteiger partial charge on any atom is -0.492 e. The fraction of sp³-hybridized carbons (Fsp3) is 0.444. The molecule has 9 nitrogen and oxygen atoms in total. The third-order valence-corrected chi connectivity index (χ3v) is 3.99. The maximum absolute atomic E-state index is 11.0. The number of anilines is 3. The van der Waals surface area contributed by atoms with Crippen molar-refractivity contribution in [1.29, 1.82) is 0 Å². The largest absolute Gasteiger partial charge is 0.492 e. The molecule has 0 fully saturated rings. The van der Waals surface area contributed by atoms with Crippen molar-refractivity contribution in [3.05, 3.63) is 40.6 Å². The van der Waals surface area contributed by atoms with E-state index in [4.69, 9.17) is 4.74 Å². The number of hydrogen-bond donors (Lipinski definition) is 2. The van der Waals surface area contributed by atoms with Crippen LogP contribution in [0.1, 0.15) is 20.8 Å². The van der Waals surface area contributed by atoms with Crippen LogP contribution in [-0.2, 0) is 0 Å². The van der Waals surface area contributed by atoms with Gasteiger partial charge in [0, 0.05) is 18.8 Å². The van der Waals surface area contributed by atoms with Gasteiger partial charge in [0.05, 0.1) is 4.92 Å². The molecule has 1 heterocycles. The Kier molecular flexibility index (Phi) is 7.75. The van der Waals surface area contributed by atoms with E-state index in [9.17, 15) is 10.1 Å². The zero-order valence-corrected chi connectivity index (χ0v) is 15.9. The first-order chi connectivity index (χ1) is 13.1. The highest BCUT2D eigenvalue weighted by molar-refractivity contribution is 5.61. The van der Waals surface area contributed by atoms with Gasteiger partial charge in [0.2, 0.25) is 11.8 Å². The van der Waals surface area contributed by atoms with E-state index >= 15 is 0 Å². The molecule has 0 aliphatic carbocycles. The molecule has 0 unspecified atom stereocenters. The average molecular weight is 374 g/mol. The Balaban J connectivity index is 1.97. The summed E-state index contributed by atoms with van der Waals surface area (Å²) >= 11 is 0. The van der Waals surface area contributed by atoms with Crippen molar-refractivity contribution in [2.75, 3.05) is 43.4 Å². The van der Waals surface area contributed by atoms with Crippen molar-refractivity contribution < 1.29 is 9.66 Å². The zero-order valence-electron chi connectivity index (χ0n) is 15.9. The molecule has 2 N–H and O–H groups in total.